The molecule has 0 bridgehead atoms. The highest BCUT2D eigenvalue weighted by molar-refractivity contribution is 5.40. The molecule has 0 aromatic heterocycles. The third-order valence-corrected chi connectivity index (χ3v) is 2.94. The summed E-state index contributed by atoms with van der Waals surface area (Å²) in [5.41, 5.74) is 1.13. The van der Waals surface area contributed by atoms with Gasteiger partial charge in [0.15, 0.2) is 0 Å². The lowest BCUT2D eigenvalue weighted by Crippen LogP contribution is -2.22. The Morgan fingerprint density at radius 1 is 1.00 bits per heavy atom. The monoisotopic (exact) mass is 266 g/mol. The maximum atomic E-state index is 5.35. The topological polar surface area (TPSA) is 42.5 Å². The third kappa shape index (κ3) is 5.94. The average Bonchev–Trinajstić information content (AvgIpc) is 2.46. The molecule has 1 rings (SSSR count). The van der Waals surface area contributed by atoms with E-state index in [0.717, 1.165) is 49.7 Å². The van der Waals surface area contributed by atoms with E-state index in [1.165, 1.54) is 6.42 Å². The lowest BCUT2D eigenvalue weighted by molar-refractivity contribution is 0.397. The van der Waals surface area contributed by atoms with E-state index in [-0.39, 0.29) is 0 Å². The van der Waals surface area contributed by atoms with Crippen molar-refractivity contribution in [3.05, 3.63) is 23.8 Å². The second-order valence-electron chi connectivity index (χ2n) is 4.46. The highest BCUT2D eigenvalue weighted by Gasteiger charge is 2.04. The van der Waals surface area contributed by atoms with Gasteiger partial charge in [0.2, 0.25) is 0 Å². The Kier molecular flexibility index (Phi) is 8.02. The molecule has 2 N–H and O–H groups in total. The summed E-state index contributed by atoms with van der Waals surface area (Å²) in [7, 11) is 3.37. The Labute approximate surface area is 116 Å². The second-order valence-corrected chi connectivity index (χ2v) is 4.46. The summed E-state index contributed by atoms with van der Waals surface area (Å²) in [6.07, 6.45) is 2.32. The first-order chi connectivity index (χ1) is 9.31. The Morgan fingerprint density at radius 2 is 1.79 bits per heavy atom. The van der Waals surface area contributed by atoms with Gasteiger partial charge in [-0.25, -0.2) is 0 Å². The van der Waals surface area contributed by atoms with E-state index < -0.39 is 0 Å². The van der Waals surface area contributed by atoms with E-state index in [9.17, 15) is 0 Å². The van der Waals surface area contributed by atoms with Crippen LogP contribution in [0.5, 0.6) is 11.5 Å². The predicted octanol–water partition coefficient (Wildman–Crippen LogP) is 2.18. The number of ether oxygens (including phenoxy) is 2. The van der Waals surface area contributed by atoms with Gasteiger partial charge in [0, 0.05) is 12.1 Å². The fraction of sp³-hybridized carbons (Fsp3) is 0.600. The van der Waals surface area contributed by atoms with Gasteiger partial charge in [-0.05, 0) is 50.7 Å². The standard InChI is InChI=1S/C15H26N2O2/c1-4-8-16-9-5-10-17-12-13-11-14(18-2)6-7-15(13)19-3/h6-7,11,16-17H,4-5,8-10,12H2,1-3H3. The van der Waals surface area contributed by atoms with Gasteiger partial charge < -0.3 is 20.1 Å². The van der Waals surface area contributed by atoms with Crippen molar-refractivity contribution in [1.29, 1.82) is 0 Å². The van der Waals surface area contributed by atoms with Crippen LogP contribution >= 0.6 is 0 Å². The smallest absolute Gasteiger partial charge is 0.123 e. The van der Waals surface area contributed by atoms with E-state index in [1.807, 2.05) is 18.2 Å². The third-order valence-electron chi connectivity index (χ3n) is 2.94. The average molecular weight is 266 g/mol. The minimum atomic E-state index is 0.800. The number of methoxy groups -OCH3 is 2. The van der Waals surface area contributed by atoms with Crippen molar-refractivity contribution in [3.63, 3.8) is 0 Å². The SMILES string of the molecule is CCCNCCCNCc1cc(OC)ccc1OC. The molecule has 108 valence electrons. The minimum absolute atomic E-state index is 0.800. The Morgan fingerprint density at radius 3 is 2.47 bits per heavy atom. The van der Waals surface area contributed by atoms with Gasteiger partial charge in [0.1, 0.15) is 11.5 Å². The van der Waals surface area contributed by atoms with Crippen LogP contribution in [0.3, 0.4) is 0 Å². The van der Waals surface area contributed by atoms with Gasteiger partial charge in [-0.15, -0.1) is 0 Å². The molecular weight excluding hydrogens is 240 g/mol. The summed E-state index contributed by atoms with van der Waals surface area (Å²) in [6, 6.07) is 5.87. The minimum Gasteiger partial charge on any atom is -0.497 e. The zero-order valence-electron chi connectivity index (χ0n) is 12.3. The molecule has 19 heavy (non-hydrogen) atoms. The molecule has 0 saturated carbocycles. The van der Waals surface area contributed by atoms with E-state index >= 15 is 0 Å². The van der Waals surface area contributed by atoms with E-state index in [1.54, 1.807) is 14.2 Å². The van der Waals surface area contributed by atoms with Crippen molar-refractivity contribution in [2.45, 2.75) is 26.3 Å². The van der Waals surface area contributed by atoms with Crippen molar-refractivity contribution in [1.82, 2.24) is 10.6 Å². The maximum absolute atomic E-state index is 5.35. The molecule has 4 nitrogen and oxygen atoms in total. The lowest BCUT2D eigenvalue weighted by Gasteiger charge is -2.11. The number of nitrogens with one attached hydrogen (secondary N) is 2. The summed E-state index contributed by atoms with van der Waals surface area (Å²) in [5, 5.41) is 6.82. The van der Waals surface area contributed by atoms with Crippen LogP contribution < -0.4 is 20.1 Å². The highest BCUT2D eigenvalue weighted by atomic mass is 16.5. The van der Waals surface area contributed by atoms with Crippen LogP contribution in [0.1, 0.15) is 25.3 Å². The molecule has 0 fully saturated rings. The molecule has 0 aliphatic rings. The molecule has 0 aliphatic heterocycles. The fourth-order valence-electron chi connectivity index (χ4n) is 1.88. The zero-order valence-corrected chi connectivity index (χ0v) is 12.3. The molecule has 0 aliphatic carbocycles. The Hall–Kier alpha value is -1.26. The fourth-order valence-corrected chi connectivity index (χ4v) is 1.88. The summed E-state index contributed by atoms with van der Waals surface area (Å²) in [5.74, 6) is 1.76. The van der Waals surface area contributed by atoms with Crippen LogP contribution in [0.15, 0.2) is 18.2 Å². The van der Waals surface area contributed by atoms with Crippen LogP contribution in [0, 0.1) is 0 Å². The number of rotatable bonds is 10. The normalized spacial score (nSPS) is 10.5. The van der Waals surface area contributed by atoms with E-state index in [2.05, 4.69) is 17.6 Å². The van der Waals surface area contributed by atoms with Crippen LogP contribution in [0.4, 0.5) is 0 Å². The number of hydrogen-bond acceptors (Lipinski definition) is 4. The van der Waals surface area contributed by atoms with Crippen molar-refractivity contribution >= 4 is 0 Å². The predicted molar refractivity (Wildman–Crippen MR) is 79.0 cm³/mol. The first-order valence-electron chi connectivity index (χ1n) is 6.94. The largest absolute Gasteiger partial charge is 0.497 e. The molecule has 0 amide bonds. The summed E-state index contributed by atoms with van der Waals surface area (Å²) >= 11 is 0. The number of benzene rings is 1. The van der Waals surface area contributed by atoms with Crippen LogP contribution in [0.25, 0.3) is 0 Å². The molecule has 0 radical (unpaired) electrons. The summed E-state index contributed by atoms with van der Waals surface area (Å²) in [4.78, 5) is 0. The van der Waals surface area contributed by atoms with Gasteiger partial charge in [0.25, 0.3) is 0 Å². The van der Waals surface area contributed by atoms with Gasteiger partial charge >= 0.3 is 0 Å². The van der Waals surface area contributed by atoms with Crippen molar-refractivity contribution in [2.24, 2.45) is 0 Å². The Bertz CT molecular complexity index is 356. The molecular formula is C15H26N2O2. The summed E-state index contributed by atoms with van der Waals surface area (Å²) in [6.45, 7) is 6.14. The maximum Gasteiger partial charge on any atom is 0.123 e. The van der Waals surface area contributed by atoms with Gasteiger partial charge in [-0.3, -0.25) is 0 Å². The van der Waals surface area contributed by atoms with Crippen molar-refractivity contribution in [2.75, 3.05) is 33.9 Å². The highest BCUT2D eigenvalue weighted by Crippen LogP contribution is 2.23. The first-order valence-corrected chi connectivity index (χ1v) is 6.94. The van der Waals surface area contributed by atoms with E-state index in [0.29, 0.717) is 0 Å². The van der Waals surface area contributed by atoms with Crippen molar-refractivity contribution < 1.29 is 9.47 Å². The molecule has 1 aromatic carbocycles. The number of hydrogen-bond donors (Lipinski definition) is 2. The van der Waals surface area contributed by atoms with Crippen LogP contribution in [-0.4, -0.2) is 33.9 Å². The molecule has 0 unspecified atom stereocenters. The zero-order chi connectivity index (χ0) is 13.9. The molecule has 4 heteroatoms. The first kappa shape index (κ1) is 15.8. The van der Waals surface area contributed by atoms with Gasteiger partial charge in [0.05, 0.1) is 14.2 Å². The quantitative estimate of drug-likeness (QED) is 0.637. The van der Waals surface area contributed by atoms with Crippen LogP contribution in [-0.2, 0) is 6.54 Å². The molecule has 0 saturated heterocycles. The van der Waals surface area contributed by atoms with Crippen molar-refractivity contribution in [3.8, 4) is 11.5 Å². The molecule has 0 heterocycles. The Balaban J connectivity index is 2.31. The molecule has 0 spiro atoms. The van der Waals surface area contributed by atoms with Crippen LogP contribution in [0.2, 0.25) is 0 Å². The summed E-state index contributed by atoms with van der Waals surface area (Å²) < 4.78 is 10.6. The second kappa shape index (κ2) is 9.64. The lowest BCUT2D eigenvalue weighted by atomic mass is 10.2. The van der Waals surface area contributed by atoms with Gasteiger partial charge in [-0.2, -0.15) is 0 Å². The van der Waals surface area contributed by atoms with E-state index in [4.69, 9.17) is 9.47 Å². The molecule has 0 atom stereocenters. The molecule has 1 aromatic rings. The van der Waals surface area contributed by atoms with Gasteiger partial charge in [-0.1, -0.05) is 6.92 Å².